The molecule has 1 heterocycles. The standard InChI is InChI=1S/C7H11N2O.HI/c1-2-8-3-4-9(7-8)5-6-10;/h2-4,7,10H,1,5-6H2;1H/q+1;/p-1. The number of aliphatic hydroxyl groups is 1. The van der Waals surface area contributed by atoms with Crippen LogP contribution in [0.25, 0.3) is 6.20 Å². The van der Waals surface area contributed by atoms with Crippen LogP contribution in [0.4, 0.5) is 0 Å². The fourth-order valence-corrected chi connectivity index (χ4v) is 0.767. The topological polar surface area (TPSA) is 29.0 Å². The summed E-state index contributed by atoms with van der Waals surface area (Å²) >= 11 is 0. The van der Waals surface area contributed by atoms with Gasteiger partial charge in [-0.2, -0.15) is 0 Å². The zero-order chi connectivity index (χ0) is 7.40. The van der Waals surface area contributed by atoms with Gasteiger partial charge >= 0.3 is 0 Å². The molecule has 3 nitrogen and oxygen atoms in total. The number of rotatable bonds is 3. The monoisotopic (exact) mass is 266 g/mol. The van der Waals surface area contributed by atoms with Gasteiger partial charge in [-0.1, -0.05) is 6.58 Å². The summed E-state index contributed by atoms with van der Waals surface area (Å²) < 4.78 is 3.72. The van der Waals surface area contributed by atoms with Crippen LogP contribution in [0.3, 0.4) is 0 Å². The van der Waals surface area contributed by atoms with Crippen molar-refractivity contribution in [3.05, 3.63) is 25.3 Å². The van der Waals surface area contributed by atoms with E-state index < -0.39 is 0 Å². The van der Waals surface area contributed by atoms with Gasteiger partial charge < -0.3 is 29.1 Å². The Kier molecular flexibility index (Phi) is 5.14. The lowest BCUT2D eigenvalue weighted by Gasteiger charge is -1.86. The number of halogens is 1. The summed E-state index contributed by atoms with van der Waals surface area (Å²) in [6, 6.07) is 0. The molecule has 0 saturated heterocycles. The maximum Gasteiger partial charge on any atom is 0.248 e. The SMILES string of the molecule is C=Cn1cc[n+](CCO)c1.[I-]. The van der Waals surface area contributed by atoms with E-state index in [-0.39, 0.29) is 30.6 Å². The quantitative estimate of drug-likeness (QED) is 0.455. The summed E-state index contributed by atoms with van der Waals surface area (Å²) in [5.74, 6) is 0. The van der Waals surface area contributed by atoms with Crippen LogP contribution in [0.1, 0.15) is 0 Å². The summed E-state index contributed by atoms with van der Waals surface area (Å²) in [5.41, 5.74) is 0. The van der Waals surface area contributed by atoms with Crippen LogP contribution < -0.4 is 28.5 Å². The van der Waals surface area contributed by atoms with Crippen LogP contribution >= 0.6 is 0 Å². The van der Waals surface area contributed by atoms with Crippen molar-refractivity contribution in [1.82, 2.24) is 4.57 Å². The van der Waals surface area contributed by atoms with Gasteiger partial charge in [0.1, 0.15) is 18.9 Å². The molecule has 0 spiro atoms. The average Bonchev–Trinajstić information content (AvgIpc) is 2.37. The van der Waals surface area contributed by atoms with Gasteiger partial charge in [0.2, 0.25) is 6.33 Å². The molecular weight excluding hydrogens is 255 g/mol. The second kappa shape index (κ2) is 5.31. The van der Waals surface area contributed by atoms with Crippen molar-refractivity contribution >= 4 is 6.20 Å². The van der Waals surface area contributed by atoms with Crippen molar-refractivity contribution in [3.8, 4) is 0 Å². The van der Waals surface area contributed by atoms with Crippen LogP contribution in [0.15, 0.2) is 25.3 Å². The first-order chi connectivity index (χ1) is 4.86. The molecule has 0 amide bonds. The van der Waals surface area contributed by atoms with E-state index in [2.05, 4.69) is 6.58 Å². The Morgan fingerprint density at radius 1 is 1.64 bits per heavy atom. The van der Waals surface area contributed by atoms with Gasteiger partial charge in [-0.3, -0.25) is 0 Å². The second-order valence-electron chi connectivity index (χ2n) is 2.00. The largest absolute Gasteiger partial charge is 1.00 e. The highest BCUT2D eigenvalue weighted by atomic mass is 127. The van der Waals surface area contributed by atoms with Crippen molar-refractivity contribution in [3.63, 3.8) is 0 Å². The van der Waals surface area contributed by atoms with E-state index in [1.165, 1.54) is 0 Å². The molecule has 0 unspecified atom stereocenters. The van der Waals surface area contributed by atoms with Crippen molar-refractivity contribution in [2.24, 2.45) is 0 Å². The lowest BCUT2D eigenvalue weighted by Crippen LogP contribution is -3.00. The first kappa shape index (κ1) is 10.6. The number of hydrogen-bond acceptors (Lipinski definition) is 1. The van der Waals surface area contributed by atoms with E-state index in [1.54, 1.807) is 6.20 Å². The van der Waals surface area contributed by atoms with Gasteiger partial charge in [-0.25, -0.2) is 9.13 Å². The van der Waals surface area contributed by atoms with E-state index in [0.717, 1.165) is 0 Å². The molecule has 62 valence electrons. The Bertz CT molecular complexity index is 222. The molecule has 0 saturated carbocycles. The highest BCUT2D eigenvalue weighted by Crippen LogP contribution is 1.81. The molecule has 0 radical (unpaired) electrons. The first-order valence-corrected chi connectivity index (χ1v) is 3.17. The molecule has 1 rings (SSSR count). The molecule has 4 heteroatoms. The number of aliphatic hydroxyl groups excluding tert-OH is 1. The lowest BCUT2D eigenvalue weighted by molar-refractivity contribution is -0.697. The van der Waals surface area contributed by atoms with Gasteiger partial charge in [0, 0.05) is 0 Å². The number of hydrogen-bond donors (Lipinski definition) is 1. The Balaban J connectivity index is 0.000001000. The Labute approximate surface area is 83.0 Å². The van der Waals surface area contributed by atoms with Crippen LogP contribution in [-0.4, -0.2) is 16.3 Å². The molecule has 0 aliphatic rings. The minimum atomic E-state index is 0. The molecule has 0 atom stereocenters. The van der Waals surface area contributed by atoms with Crippen molar-refractivity contribution in [1.29, 1.82) is 0 Å². The molecule has 1 aromatic rings. The average molecular weight is 266 g/mol. The third-order valence-electron chi connectivity index (χ3n) is 1.28. The van der Waals surface area contributed by atoms with Gasteiger partial charge in [-0.15, -0.1) is 0 Å². The highest BCUT2D eigenvalue weighted by molar-refractivity contribution is 5.12. The summed E-state index contributed by atoms with van der Waals surface area (Å²) in [6.45, 7) is 4.40. The Morgan fingerprint density at radius 3 is 2.82 bits per heavy atom. The normalized spacial score (nSPS) is 8.82. The third kappa shape index (κ3) is 3.02. The Hall–Kier alpha value is -0.360. The summed E-state index contributed by atoms with van der Waals surface area (Å²) in [6.07, 6.45) is 7.33. The van der Waals surface area contributed by atoms with Gasteiger partial charge in [-0.05, 0) is 0 Å². The second-order valence-corrected chi connectivity index (χ2v) is 2.00. The van der Waals surface area contributed by atoms with Crippen molar-refractivity contribution < 1.29 is 33.7 Å². The fourth-order valence-electron chi connectivity index (χ4n) is 0.767. The molecule has 1 N–H and O–H groups in total. The Morgan fingerprint density at radius 2 is 2.36 bits per heavy atom. The van der Waals surface area contributed by atoms with Gasteiger partial charge in [0.05, 0.1) is 12.8 Å². The van der Waals surface area contributed by atoms with Crippen LogP contribution in [0.2, 0.25) is 0 Å². The minimum absolute atomic E-state index is 0. The van der Waals surface area contributed by atoms with Crippen LogP contribution in [0.5, 0.6) is 0 Å². The van der Waals surface area contributed by atoms with E-state index in [1.807, 2.05) is 27.9 Å². The molecule has 0 bridgehead atoms. The van der Waals surface area contributed by atoms with Crippen molar-refractivity contribution in [2.45, 2.75) is 6.54 Å². The number of imidazole rings is 1. The first-order valence-electron chi connectivity index (χ1n) is 3.17. The smallest absolute Gasteiger partial charge is 0.248 e. The minimum Gasteiger partial charge on any atom is -1.00 e. The van der Waals surface area contributed by atoms with E-state index in [0.29, 0.717) is 6.54 Å². The summed E-state index contributed by atoms with van der Waals surface area (Å²) in [7, 11) is 0. The zero-order valence-corrected chi connectivity index (χ0v) is 8.31. The fraction of sp³-hybridized carbons (Fsp3) is 0.286. The maximum atomic E-state index is 8.55. The molecule has 11 heavy (non-hydrogen) atoms. The number of aromatic nitrogens is 2. The molecule has 0 aliphatic heterocycles. The molecular formula is C7H11IN2O. The van der Waals surface area contributed by atoms with Gasteiger partial charge in [0.15, 0.2) is 0 Å². The molecule has 1 aromatic heterocycles. The molecule has 0 aromatic carbocycles. The predicted octanol–water partition coefficient (Wildman–Crippen LogP) is -3.13. The third-order valence-corrected chi connectivity index (χ3v) is 1.28. The zero-order valence-electron chi connectivity index (χ0n) is 6.15. The lowest BCUT2D eigenvalue weighted by atomic mass is 10.7. The van der Waals surface area contributed by atoms with E-state index in [9.17, 15) is 0 Å². The summed E-state index contributed by atoms with van der Waals surface area (Å²) in [5, 5.41) is 8.55. The maximum absolute atomic E-state index is 8.55. The van der Waals surface area contributed by atoms with Crippen LogP contribution in [0, 0.1) is 0 Å². The molecule has 0 fully saturated rings. The summed E-state index contributed by atoms with van der Waals surface area (Å²) in [4.78, 5) is 0. The number of nitrogens with zero attached hydrogens (tertiary/aromatic N) is 2. The van der Waals surface area contributed by atoms with E-state index >= 15 is 0 Å². The van der Waals surface area contributed by atoms with E-state index in [4.69, 9.17) is 5.11 Å². The predicted molar refractivity (Wildman–Crippen MR) is 38.1 cm³/mol. The van der Waals surface area contributed by atoms with Crippen molar-refractivity contribution in [2.75, 3.05) is 6.61 Å². The van der Waals surface area contributed by atoms with Crippen LogP contribution in [-0.2, 0) is 6.54 Å². The highest BCUT2D eigenvalue weighted by Gasteiger charge is 1.97. The molecule has 0 aliphatic carbocycles. The van der Waals surface area contributed by atoms with Gasteiger partial charge in [0.25, 0.3) is 0 Å².